The Morgan fingerprint density at radius 2 is 1.00 bits per heavy atom. The molecule has 0 aromatic carbocycles. The molecule has 0 atom stereocenters. The molecular formula is C18H35Cl. The maximum Gasteiger partial charge on any atom is 0.0223 e. The van der Waals surface area contributed by atoms with E-state index in [2.05, 4.69) is 19.1 Å². The molecule has 0 unspecified atom stereocenters. The van der Waals surface area contributed by atoms with E-state index in [1.165, 1.54) is 89.9 Å². The topological polar surface area (TPSA) is 0 Å². The van der Waals surface area contributed by atoms with E-state index in [-0.39, 0.29) is 0 Å². The van der Waals surface area contributed by atoms with Gasteiger partial charge in [0.2, 0.25) is 0 Å². The van der Waals surface area contributed by atoms with Gasteiger partial charge in [0.25, 0.3) is 0 Å². The number of allylic oxidation sites excluding steroid dienone is 2. The maximum absolute atomic E-state index is 5.65. The minimum absolute atomic E-state index is 0.832. The van der Waals surface area contributed by atoms with Gasteiger partial charge in [0.15, 0.2) is 0 Å². The van der Waals surface area contributed by atoms with Crippen molar-refractivity contribution >= 4 is 11.6 Å². The van der Waals surface area contributed by atoms with Crippen molar-refractivity contribution in [2.45, 2.75) is 96.8 Å². The Labute approximate surface area is 127 Å². The summed E-state index contributed by atoms with van der Waals surface area (Å²) >= 11 is 5.65. The number of hydrogen-bond acceptors (Lipinski definition) is 0. The van der Waals surface area contributed by atoms with Gasteiger partial charge in [-0.3, -0.25) is 0 Å². The summed E-state index contributed by atoms with van der Waals surface area (Å²) in [5, 5.41) is 0. The Kier molecular flexibility index (Phi) is 18.1. The smallest absolute Gasteiger partial charge is 0.0223 e. The predicted octanol–water partition coefficient (Wildman–Crippen LogP) is 7.26. The predicted molar refractivity (Wildman–Crippen MR) is 90.2 cm³/mol. The second-order valence-electron chi connectivity index (χ2n) is 5.63. The molecule has 0 aromatic rings. The van der Waals surface area contributed by atoms with Gasteiger partial charge in [-0.25, -0.2) is 0 Å². The SMILES string of the molecule is CCCCCCCCC/C=C\CCCCCCCCl. The molecule has 0 saturated carbocycles. The highest BCUT2D eigenvalue weighted by Gasteiger charge is 1.90. The van der Waals surface area contributed by atoms with E-state index >= 15 is 0 Å². The second kappa shape index (κ2) is 18.0. The van der Waals surface area contributed by atoms with Crippen LogP contribution in [-0.4, -0.2) is 5.88 Å². The van der Waals surface area contributed by atoms with Gasteiger partial charge in [-0.2, -0.15) is 0 Å². The van der Waals surface area contributed by atoms with Gasteiger partial charge in [0.05, 0.1) is 0 Å². The summed E-state index contributed by atoms with van der Waals surface area (Å²) in [5.41, 5.74) is 0. The monoisotopic (exact) mass is 286 g/mol. The van der Waals surface area contributed by atoms with Gasteiger partial charge < -0.3 is 0 Å². The van der Waals surface area contributed by atoms with Gasteiger partial charge in [-0.15, -0.1) is 11.6 Å². The van der Waals surface area contributed by atoms with Crippen molar-refractivity contribution in [3.63, 3.8) is 0 Å². The van der Waals surface area contributed by atoms with E-state index in [1.54, 1.807) is 0 Å². The van der Waals surface area contributed by atoms with E-state index in [0.29, 0.717) is 0 Å². The Morgan fingerprint density at radius 3 is 1.47 bits per heavy atom. The maximum atomic E-state index is 5.65. The number of rotatable bonds is 15. The molecule has 0 nitrogen and oxygen atoms in total. The number of unbranched alkanes of at least 4 members (excludes halogenated alkanes) is 12. The van der Waals surface area contributed by atoms with E-state index in [9.17, 15) is 0 Å². The van der Waals surface area contributed by atoms with Crippen molar-refractivity contribution in [2.24, 2.45) is 0 Å². The average Bonchev–Trinajstić information content (AvgIpc) is 2.43. The van der Waals surface area contributed by atoms with Gasteiger partial charge in [-0.05, 0) is 32.1 Å². The normalized spacial score (nSPS) is 11.5. The van der Waals surface area contributed by atoms with Crippen molar-refractivity contribution in [1.29, 1.82) is 0 Å². The molecule has 0 N–H and O–H groups in total. The van der Waals surface area contributed by atoms with Crippen LogP contribution in [0.5, 0.6) is 0 Å². The molecule has 0 amide bonds. The Bertz CT molecular complexity index is 175. The van der Waals surface area contributed by atoms with Crippen LogP contribution in [0.4, 0.5) is 0 Å². The standard InChI is InChI=1S/C18H35Cl/c1-2-3-4-5-6-7-8-9-10-11-12-13-14-15-16-17-18-19/h10-11H,2-9,12-18H2,1H3/b11-10-. The lowest BCUT2D eigenvalue weighted by molar-refractivity contribution is 0.591. The summed E-state index contributed by atoms with van der Waals surface area (Å²) in [7, 11) is 0. The highest BCUT2D eigenvalue weighted by Crippen LogP contribution is 2.10. The number of halogens is 1. The van der Waals surface area contributed by atoms with Crippen LogP contribution in [0.2, 0.25) is 0 Å². The van der Waals surface area contributed by atoms with Crippen LogP contribution in [0.15, 0.2) is 12.2 Å². The molecule has 0 bridgehead atoms. The van der Waals surface area contributed by atoms with Crippen molar-refractivity contribution in [1.82, 2.24) is 0 Å². The molecule has 0 aliphatic heterocycles. The lowest BCUT2D eigenvalue weighted by Gasteiger charge is -1.99. The molecule has 19 heavy (non-hydrogen) atoms. The Morgan fingerprint density at radius 1 is 0.579 bits per heavy atom. The van der Waals surface area contributed by atoms with Crippen molar-refractivity contribution < 1.29 is 0 Å². The minimum Gasteiger partial charge on any atom is -0.127 e. The first-order valence-corrected chi connectivity index (χ1v) is 9.16. The van der Waals surface area contributed by atoms with E-state index in [4.69, 9.17) is 11.6 Å². The van der Waals surface area contributed by atoms with Crippen LogP contribution >= 0.6 is 11.6 Å². The summed E-state index contributed by atoms with van der Waals surface area (Å²) in [4.78, 5) is 0. The van der Waals surface area contributed by atoms with E-state index in [1.807, 2.05) is 0 Å². The fourth-order valence-electron chi connectivity index (χ4n) is 2.34. The summed E-state index contributed by atoms with van der Waals surface area (Å²) in [6.45, 7) is 2.28. The molecule has 0 saturated heterocycles. The van der Waals surface area contributed by atoms with Crippen LogP contribution in [0, 0.1) is 0 Å². The van der Waals surface area contributed by atoms with Gasteiger partial charge in [-0.1, -0.05) is 76.9 Å². The summed E-state index contributed by atoms with van der Waals surface area (Å²) in [6, 6.07) is 0. The van der Waals surface area contributed by atoms with Gasteiger partial charge in [0, 0.05) is 5.88 Å². The fourth-order valence-corrected chi connectivity index (χ4v) is 2.53. The fraction of sp³-hybridized carbons (Fsp3) is 0.889. The van der Waals surface area contributed by atoms with Crippen molar-refractivity contribution in [3.8, 4) is 0 Å². The Hall–Kier alpha value is 0.0300. The van der Waals surface area contributed by atoms with Crippen LogP contribution in [0.3, 0.4) is 0 Å². The zero-order valence-electron chi connectivity index (χ0n) is 13.1. The van der Waals surface area contributed by atoms with Crippen molar-refractivity contribution in [3.05, 3.63) is 12.2 Å². The summed E-state index contributed by atoms with van der Waals surface area (Å²) in [6.07, 6.45) is 23.9. The molecule has 0 radical (unpaired) electrons. The molecule has 0 heterocycles. The molecule has 0 aliphatic carbocycles. The molecule has 114 valence electrons. The van der Waals surface area contributed by atoms with Crippen LogP contribution < -0.4 is 0 Å². The second-order valence-corrected chi connectivity index (χ2v) is 6.00. The average molecular weight is 287 g/mol. The third-order valence-electron chi connectivity index (χ3n) is 3.65. The van der Waals surface area contributed by atoms with E-state index < -0.39 is 0 Å². The Balaban J connectivity index is 3.01. The highest BCUT2D eigenvalue weighted by molar-refractivity contribution is 6.17. The lowest BCUT2D eigenvalue weighted by atomic mass is 10.1. The minimum atomic E-state index is 0.832. The molecule has 0 aromatic heterocycles. The quantitative estimate of drug-likeness (QED) is 0.169. The van der Waals surface area contributed by atoms with Gasteiger partial charge in [0.1, 0.15) is 0 Å². The highest BCUT2D eigenvalue weighted by atomic mass is 35.5. The zero-order chi connectivity index (χ0) is 14.0. The van der Waals surface area contributed by atoms with Gasteiger partial charge >= 0.3 is 0 Å². The third-order valence-corrected chi connectivity index (χ3v) is 3.91. The first-order valence-electron chi connectivity index (χ1n) is 8.62. The molecule has 1 heteroatoms. The number of hydrogen-bond donors (Lipinski definition) is 0. The first kappa shape index (κ1) is 19.0. The van der Waals surface area contributed by atoms with E-state index in [0.717, 1.165) is 5.88 Å². The first-order chi connectivity index (χ1) is 9.41. The van der Waals surface area contributed by atoms with Crippen LogP contribution in [-0.2, 0) is 0 Å². The molecule has 0 spiro atoms. The lowest BCUT2D eigenvalue weighted by Crippen LogP contribution is -1.80. The molecule has 0 fully saturated rings. The summed E-state index contributed by atoms with van der Waals surface area (Å²) in [5.74, 6) is 0.832. The molecule has 0 rings (SSSR count). The molecule has 0 aliphatic rings. The zero-order valence-corrected chi connectivity index (χ0v) is 13.9. The summed E-state index contributed by atoms with van der Waals surface area (Å²) < 4.78 is 0. The van der Waals surface area contributed by atoms with Crippen LogP contribution in [0.25, 0.3) is 0 Å². The van der Waals surface area contributed by atoms with Crippen molar-refractivity contribution in [2.75, 3.05) is 5.88 Å². The largest absolute Gasteiger partial charge is 0.127 e. The third kappa shape index (κ3) is 18.0. The molecular weight excluding hydrogens is 252 g/mol. The van der Waals surface area contributed by atoms with Crippen LogP contribution in [0.1, 0.15) is 96.8 Å². The number of alkyl halides is 1.